The lowest BCUT2D eigenvalue weighted by Crippen LogP contribution is -2.33. The van der Waals surface area contributed by atoms with E-state index < -0.39 is 0 Å². The van der Waals surface area contributed by atoms with Crippen molar-refractivity contribution in [1.29, 1.82) is 0 Å². The molecule has 0 aliphatic rings. The maximum atomic E-state index is 12.1. The minimum absolute atomic E-state index is 0.0831. The third-order valence-electron chi connectivity index (χ3n) is 3.21. The Hall–Kier alpha value is -0.440. The van der Waals surface area contributed by atoms with Crippen molar-refractivity contribution in [2.45, 2.75) is 32.1 Å². The van der Waals surface area contributed by atoms with Gasteiger partial charge in [0.15, 0.2) is 0 Å². The van der Waals surface area contributed by atoms with E-state index in [-0.39, 0.29) is 11.3 Å². The summed E-state index contributed by atoms with van der Waals surface area (Å²) < 4.78 is 0. The Labute approximate surface area is 129 Å². The lowest BCUT2D eigenvalue weighted by Gasteiger charge is -2.19. The van der Waals surface area contributed by atoms with Gasteiger partial charge in [0.25, 0.3) is 5.91 Å². The fourth-order valence-electron chi connectivity index (χ4n) is 1.96. The molecule has 0 aromatic heterocycles. The van der Waals surface area contributed by atoms with Gasteiger partial charge in [-0.3, -0.25) is 4.79 Å². The van der Waals surface area contributed by atoms with Gasteiger partial charge in [-0.05, 0) is 18.1 Å². The molecule has 106 valence electrons. The van der Waals surface area contributed by atoms with Crippen molar-refractivity contribution in [1.82, 2.24) is 5.32 Å². The van der Waals surface area contributed by atoms with Gasteiger partial charge >= 0.3 is 0 Å². The van der Waals surface area contributed by atoms with Gasteiger partial charge in [0.2, 0.25) is 0 Å². The zero-order valence-electron chi connectivity index (χ0n) is 11.1. The molecule has 5 heteroatoms. The molecule has 0 aliphatic heterocycles. The molecule has 0 bridgehead atoms. The second-order valence-corrected chi connectivity index (χ2v) is 5.77. The van der Waals surface area contributed by atoms with Crippen LogP contribution in [0.5, 0.6) is 0 Å². The average Bonchev–Trinajstić information content (AvgIpc) is 2.37. The highest BCUT2D eigenvalue weighted by Crippen LogP contribution is 2.24. The highest BCUT2D eigenvalue weighted by Gasteiger charge is 2.19. The Morgan fingerprint density at radius 2 is 1.74 bits per heavy atom. The highest BCUT2D eigenvalue weighted by molar-refractivity contribution is 6.39. The summed E-state index contributed by atoms with van der Waals surface area (Å²) in [5.41, 5.74) is 0.305. The molecule has 1 unspecified atom stereocenters. The Kier molecular flexibility index (Phi) is 6.98. The van der Waals surface area contributed by atoms with E-state index in [1.165, 1.54) is 0 Å². The van der Waals surface area contributed by atoms with Gasteiger partial charge in [-0.15, -0.1) is 11.6 Å². The lowest BCUT2D eigenvalue weighted by molar-refractivity contribution is 0.0952. The number of rotatable bonds is 6. The van der Waals surface area contributed by atoms with Gasteiger partial charge < -0.3 is 5.32 Å². The maximum absolute atomic E-state index is 12.1. The van der Waals surface area contributed by atoms with Crippen LogP contribution in [0.25, 0.3) is 0 Å². The topological polar surface area (TPSA) is 29.1 Å². The number of nitrogens with one attached hydrogen (secondary N) is 1. The van der Waals surface area contributed by atoms with Gasteiger partial charge in [0, 0.05) is 6.54 Å². The molecule has 0 aliphatic carbocycles. The first kappa shape index (κ1) is 16.6. The van der Waals surface area contributed by atoms with Gasteiger partial charge in [0.1, 0.15) is 0 Å². The lowest BCUT2D eigenvalue weighted by atomic mass is 9.99. The van der Waals surface area contributed by atoms with E-state index in [9.17, 15) is 4.79 Å². The number of amides is 1. The van der Waals surface area contributed by atoms with Crippen molar-refractivity contribution in [2.75, 3.05) is 6.54 Å². The minimum Gasteiger partial charge on any atom is -0.350 e. The van der Waals surface area contributed by atoms with Crippen LogP contribution in [0.4, 0.5) is 0 Å². The SMILES string of the molecule is CCC(CC)C(Cl)CNC(=O)c1c(Cl)cccc1Cl. The third kappa shape index (κ3) is 4.55. The molecule has 0 radical (unpaired) electrons. The van der Waals surface area contributed by atoms with Gasteiger partial charge in [-0.25, -0.2) is 0 Å². The Balaban J connectivity index is 2.66. The normalized spacial score (nSPS) is 12.5. The Bertz CT molecular complexity index is 412. The first-order chi connectivity index (χ1) is 9.01. The van der Waals surface area contributed by atoms with Crippen molar-refractivity contribution in [2.24, 2.45) is 5.92 Å². The fourth-order valence-corrected chi connectivity index (χ4v) is 2.96. The molecule has 0 saturated heterocycles. The second-order valence-electron chi connectivity index (χ2n) is 4.40. The van der Waals surface area contributed by atoms with Crippen molar-refractivity contribution in [3.63, 3.8) is 0 Å². The van der Waals surface area contributed by atoms with E-state index in [0.717, 1.165) is 12.8 Å². The Morgan fingerprint density at radius 1 is 1.21 bits per heavy atom. The summed E-state index contributed by atoms with van der Waals surface area (Å²) in [6.45, 7) is 4.60. The molecule has 1 N–H and O–H groups in total. The highest BCUT2D eigenvalue weighted by atomic mass is 35.5. The largest absolute Gasteiger partial charge is 0.350 e. The van der Waals surface area contributed by atoms with Crippen molar-refractivity contribution < 1.29 is 4.79 Å². The predicted octanol–water partition coefficient (Wildman–Crippen LogP) is 4.77. The summed E-state index contributed by atoms with van der Waals surface area (Å²) in [4.78, 5) is 12.1. The van der Waals surface area contributed by atoms with Gasteiger partial charge in [-0.1, -0.05) is 56.0 Å². The monoisotopic (exact) mass is 321 g/mol. The van der Waals surface area contributed by atoms with Crippen LogP contribution in [-0.2, 0) is 0 Å². The number of carbonyl (C=O) groups excluding carboxylic acids is 1. The predicted molar refractivity (Wildman–Crippen MR) is 82.5 cm³/mol. The smallest absolute Gasteiger partial charge is 0.254 e. The van der Waals surface area contributed by atoms with Crippen LogP contribution in [0.3, 0.4) is 0 Å². The average molecular weight is 323 g/mol. The molecule has 0 saturated carbocycles. The molecule has 1 amide bonds. The summed E-state index contributed by atoms with van der Waals surface area (Å²) in [5.74, 6) is 0.107. The number of halogens is 3. The van der Waals surface area contributed by atoms with Gasteiger partial charge in [0.05, 0.1) is 21.0 Å². The molecular formula is C14H18Cl3NO. The molecule has 0 spiro atoms. The van der Waals surface area contributed by atoms with Crippen LogP contribution in [0.1, 0.15) is 37.0 Å². The van der Waals surface area contributed by atoms with Crippen LogP contribution in [0, 0.1) is 5.92 Å². The van der Waals surface area contributed by atoms with E-state index in [2.05, 4.69) is 19.2 Å². The first-order valence-electron chi connectivity index (χ1n) is 6.37. The summed E-state index contributed by atoms with van der Waals surface area (Å²) >= 11 is 18.2. The number of alkyl halides is 1. The molecule has 1 aromatic rings. The standard InChI is InChI=1S/C14H18Cl3NO/c1-3-9(4-2)12(17)8-18-14(19)13-10(15)6-5-7-11(13)16/h5-7,9,12H,3-4,8H2,1-2H3,(H,18,19). The molecule has 19 heavy (non-hydrogen) atoms. The van der Waals surface area contributed by atoms with E-state index in [1.807, 2.05) is 0 Å². The van der Waals surface area contributed by atoms with Crippen molar-refractivity contribution in [3.8, 4) is 0 Å². The third-order valence-corrected chi connectivity index (χ3v) is 4.35. The van der Waals surface area contributed by atoms with E-state index in [1.54, 1.807) is 18.2 Å². The van der Waals surface area contributed by atoms with Crippen LogP contribution >= 0.6 is 34.8 Å². The van der Waals surface area contributed by atoms with Crippen molar-refractivity contribution >= 4 is 40.7 Å². The zero-order valence-corrected chi connectivity index (χ0v) is 13.3. The second kappa shape index (κ2) is 7.98. The number of carbonyl (C=O) groups is 1. The summed E-state index contributed by atoms with van der Waals surface area (Å²) in [7, 11) is 0. The summed E-state index contributed by atoms with van der Waals surface area (Å²) in [5, 5.41) is 3.40. The van der Waals surface area contributed by atoms with E-state index in [4.69, 9.17) is 34.8 Å². The molecule has 1 atom stereocenters. The minimum atomic E-state index is -0.285. The number of hydrogen-bond acceptors (Lipinski definition) is 1. The van der Waals surface area contributed by atoms with Crippen LogP contribution in [-0.4, -0.2) is 17.8 Å². The maximum Gasteiger partial charge on any atom is 0.254 e. The molecule has 0 heterocycles. The van der Waals surface area contributed by atoms with Crippen molar-refractivity contribution in [3.05, 3.63) is 33.8 Å². The molecule has 1 rings (SSSR count). The molecule has 1 aromatic carbocycles. The molecular weight excluding hydrogens is 305 g/mol. The first-order valence-corrected chi connectivity index (χ1v) is 7.56. The summed E-state index contributed by atoms with van der Waals surface area (Å²) in [6, 6.07) is 4.98. The number of benzene rings is 1. The molecule has 2 nitrogen and oxygen atoms in total. The van der Waals surface area contributed by atoms with Gasteiger partial charge in [-0.2, -0.15) is 0 Å². The van der Waals surface area contributed by atoms with Crippen LogP contribution in [0.15, 0.2) is 18.2 Å². The van der Waals surface area contributed by atoms with Crippen LogP contribution in [0.2, 0.25) is 10.0 Å². The zero-order chi connectivity index (χ0) is 14.4. The molecule has 0 fully saturated rings. The number of hydrogen-bond donors (Lipinski definition) is 1. The van der Waals surface area contributed by atoms with E-state index >= 15 is 0 Å². The Morgan fingerprint density at radius 3 is 2.21 bits per heavy atom. The quantitative estimate of drug-likeness (QED) is 0.751. The van der Waals surface area contributed by atoms with Crippen LogP contribution < -0.4 is 5.32 Å². The summed E-state index contributed by atoms with van der Waals surface area (Å²) in [6.07, 6.45) is 1.99. The van der Waals surface area contributed by atoms with E-state index in [0.29, 0.717) is 28.1 Å². The fraction of sp³-hybridized carbons (Fsp3) is 0.500.